The molecule has 2 aliphatic rings. The van der Waals surface area contributed by atoms with E-state index in [0.717, 1.165) is 12.0 Å². The van der Waals surface area contributed by atoms with E-state index in [1.807, 2.05) is 0 Å². The van der Waals surface area contributed by atoms with Crippen molar-refractivity contribution < 1.29 is 0 Å². The maximum atomic E-state index is 3.74. The van der Waals surface area contributed by atoms with Gasteiger partial charge in [-0.2, -0.15) is 0 Å². The van der Waals surface area contributed by atoms with E-state index >= 15 is 0 Å². The summed E-state index contributed by atoms with van der Waals surface area (Å²) in [5, 5.41) is 3.74. The van der Waals surface area contributed by atoms with Gasteiger partial charge in [-0.1, -0.05) is 31.2 Å². The largest absolute Gasteiger partial charge is 0.307 e. The van der Waals surface area contributed by atoms with Crippen molar-refractivity contribution in [3.05, 3.63) is 35.4 Å². The number of nitrogens with one attached hydrogen (secondary N) is 1. The Balaban J connectivity index is 1.88. The van der Waals surface area contributed by atoms with Crippen molar-refractivity contribution in [2.75, 3.05) is 0 Å². The van der Waals surface area contributed by atoms with Crippen LogP contribution in [0.2, 0.25) is 0 Å². The Hall–Kier alpha value is -0.820. The third-order valence-corrected chi connectivity index (χ3v) is 3.51. The molecule has 0 bridgehead atoms. The molecule has 1 N–H and O–H groups in total. The highest BCUT2D eigenvalue weighted by molar-refractivity contribution is 5.37. The first-order chi connectivity index (χ1) is 6.84. The summed E-state index contributed by atoms with van der Waals surface area (Å²) in [6.07, 6.45) is 4.05. The van der Waals surface area contributed by atoms with Gasteiger partial charge in [0.05, 0.1) is 0 Å². The van der Waals surface area contributed by atoms with E-state index in [0.29, 0.717) is 6.04 Å². The molecule has 2 aliphatic carbocycles. The fraction of sp³-hybridized carbons (Fsp3) is 0.538. The van der Waals surface area contributed by atoms with Gasteiger partial charge in [0.15, 0.2) is 0 Å². The lowest BCUT2D eigenvalue weighted by Gasteiger charge is -2.12. The van der Waals surface area contributed by atoms with Crippen molar-refractivity contribution in [3.8, 4) is 0 Å². The van der Waals surface area contributed by atoms with Crippen LogP contribution < -0.4 is 5.32 Å². The van der Waals surface area contributed by atoms with Crippen LogP contribution in [0, 0.1) is 0 Å². The molecule has 0 spiro atoms. The van der Waals surface area contributed by atoms with Crippen LogP contribution in [0.15, 0.2) is 24.3 Å². The molecule has 1 aromatic carbocycles. The quantitative estimate of drug-likeness (QED) is 0.750. The highest BCUT2D eigenvalue weighted by Gasteiger charge is 2.32. The molecule has 2 atom stereocenters. The van der Waals surface area contributed by atoms with Crippen molar-refractivity contribution in [2.24, 2.45) is 0 Å². The van der Waals surface area contributed by atoms with Crippen LogP contribution in [-0.4, -0.2) is 6.04 Å². The van der Waals surface area contributed by atoms with Gasteiger partial charge in [0.2, 0.25) is 0 Å². The van der Waals surface area contributed by atoms with Gasteiger partial charge in [0.25, 0.3) is 0 Å². The molecule has 0 amide bonds. The molecule has 0 saturated heterocycles. The Morgan fingerprint density at radius 3 is 2.57 bits per heavy atom. The van der Waals surface area contributed by atoms with Gasteiger partial charge in [-0.3, -0.25) is 0 Å². The average Bonchev–Trinajstić information content (AvgIpc) is 2.95. The van der Waals surface area contributed by atoms with Gasteiger partial charge in [0, 0.05) is 12.1 Å². The molecule has 2 unspecified atom stereocenters. The maximum Gasteiger partial charge on any atom is 0.0331 e. The first-order valence-electron chi connectivity index (χ1n) is 5.69. The summed E-state index contributed by atoms with van der Waals surface area (Å²) >= 11 is 0. The molecule has 0 aromatic heterocycles. The average molecular weight is 187 g/mol. The van der Waals surface area contributed by atoms with E-state index in [4.69, 9.17) is 0 Å². The van der Waals surface area contributed by atoms with Crippen LogP contribution in [0.25, 0.3) is 0 Å². The number of benzene rings is 1. The smallest absolute Gasteiger partial charge is 0.0331 e. The van der Waals surface area contributed by atoms with Crippen molar-refractivity contribution in [1.82, 2.24) is 5.32 Å². The fourth-order valence-corrected chi connectivity index (χ4v) is 2.58. The summed E-state index contributed by atoms with van der Waals surface area (Å²) in [4.78, 5) is 0. The van der Waals surface area contributed by atoms with Crippen molar-refractivity contribution >= 4 is 0 Å². The summed E-state index contributed by atoms with van der Waals surface area (Å²) in [6, 6.07) is 10.4. The molecule has 3 rings (SSSR count). The lowest BCUT2D eigenvalue weighted by atomic mass is 10.0. The Kier molecular flexibility index (Phi) is 1.88. The second-order valence-electron chi connectivity index (χ2n) is 4.76. The minimum Gasteiger partial charge on any atom is -0.307 e. The zero-order valence-electron chi connectivity index (χ0n) is 8.66. The van der Waals surface area contributed by atoms with Gasteiger partial charge in [-0.15, -0.1) is 0 Å². The zero-order chi connectivity index (χ0) is 9.54. The van der Waals surface area contributed by atoms with Crippen molar-refractivity contribution in [3.63, 3.8) is 0 Å². The Morgan fingerprint density at radius 2 is 1.86 bits per heavy atom. The Morgan fingerprint density at radius 1 is 1.14 bits per heavy atom. The van der Waals surface area contributed by atoms with Gasteiger partial charge >= 0.3 is 0 Å². The molecular formula is C13H17N. The van der Waals surface area contributed by atoms with Crippen LogP contribution in [-0.2, 0) is 0 Å². The summed E-state index contributed by atoms with van der Waals surface area (Å²) in [5.74, 6) is 0.738. The first kappa shape index (κ1) is 8.49. The third-order valence-electron chi connectivity index (χ3n) is 3.51. The van der Waals surface area contributed by atoms with Gasteiger partial charge in [-0.05, 0) is 36.3 Å². The molecule has 1 heteroatoms. The molecule has 14 heavy (non-hydrogen) atoms. The molecular weight excluding hydrogens is 170 g/mol. The topological polar surface area (TPSA) is 12.0 Å². The van der Waals surface area contributed by atoms with Gasteiger partial charge in [0.1, 0.15) is 0 Å². The fourth-order valence-electron chi connectivity index (χ4n) is 2.58. The van der Waals surface area contributed by atoms with Gasteiger partial charge < -0.3 is 5.32 Å². The number of rotatable bonds is 2. The van der Waals surface area contributed by atoms with E-state index in [1.54, 1.807) is 11.1 Å². The third kappa shape index (κ3) is 1.36. The number of hydrogen-bond acceptors (Lipinski definition) is 1. The minimum atomic E-state index is 0.633. The van der Waals surface area contributed by atoms with Gasteiger partial charge in [-0.25, -0.2) is 0 Å². The molecule has 1 aromatic rings. The van der Waals surface area contributed by atoms with Crippen LogP contribution in [0.3, 0.4) is 0 Å². The van der Waals surface area contributed by atoms with E-state index in [1.165, 1.54) is 19.3 Å². The lowest BCUT2D eigenvalue weighted by molar-refractivity contribution is 0.503. The maximum absolute atomic E-state index is 3.74. The normalized spacial score (nSPS) is 30.4. The molecule has 74 valence electrons. The van der Waals surface area contributed by atoms with Crippen LogP contribution in [0.5, 0.6) is 0 Å². The number of fused-ring (bicyclic) bond motifs is 1. The van der Waals surface area contributed by atoms with E-state index in [2.05, 4.69) is 36.5 Å². The summed E-state index contributed by atoms with van der Waals surface area (Å²) in [5.41, 5.74) is 3.11. The Bertz CT molecular complexity index is 339. The van der Waals surface area contributed by atoms with Crippen molar-refractivity contribution in [1.29, 1.82) is 0 Å². The second kappa shape index (κ2) is 3.09. The molecule has 0 heterocycles. The number of hydrogen-bond donors (Lipinski definition) is 1. The highest BCUT2D eigenvalue weighted by atomic mass is 15.0. The predicted octanol–water partition coefficient (Wildman–Crippen LogP) is 2.99. The summed E-state index contributed by atoms with van der Waals surface area (Å²) in [6.45, 7) is 2.34. The van der Waals surface area contributed by atoms with E-state index < -0.39 is 0 Å². The van der Waals surface area contributed by atoms with Crippen LogP contribution >= 0.6 is 0 Å². The predicted molar refractivity (Wildman–Crippen MR) is 58.4 cm³/mol. The lowest BCUT2D eigenvalue weighted by Crippen LogP contribution is -2.21. The van der Waals surface area contributed by atoms with Crippen molar-refractivity contribution in [2.45, 2.75) is 44.2 Å². The Labute approximate surface area is 85.5 Å². The monoisotopic (exact) mass is 187 g/mol. The highest BCUT2D eigenvalue weighted by Crippen LogP contribution is 2.41. The molecule has 0 radical (unpaired) electrons. The standard InChI is InChI=1S/C13H17N/c1-9-8-13(14-10-6-7-10)12-5-3-2-4-11(9)12/h2-5,9-10,13-14H,6-8H2,1H3. The molecule has 0 aliphatic heterocycles. The molecule has 1 saturated carbocycles. The summed E-state index contributed by atoms with van der Waals surface area (Å²) < 4.78 is 0. The first-order valence-corrected chi connectivity index (χ1v) is 5.69. The minimum absolute atomic E-state index is 0.633. The van der Waals surface area contributed by atoms with Crippen LogP contribution in [0.4, 0.5) is 0 Å². The van der Waals surface area contributed by atoms with E-state index in [-0.39, 0.29) is 0 Å². The molecule has 1 nitrogen and oxygen atoms in total. The SMILES string of the molecule is CC1CC(NC2CC2)c2ccccc21. The second-order valence-corrected chi connectivity index (χ2v) is 4.76. The summed E-state index contributed by atoms with van der Waals surface area (Å²) in [7, 11) is 0. The molecule has 1 fully saturated rings. The zero-order valence-corrected chi connectivity index (χ0v) is 8.66. The van der Waals surface area contributed by atoms with E-state index in [9.17, 15) is 0 Å². The van der Waals surface area contributed by atoms with Crippen LogP contribution in [0.1, 0.15) is 49.3 Å².